The second-order valence-corrected chi connectivity index (χ2v) is 4.25. The molecule has 0 fully saturated rings. The second kappa shape index (κ2) is 7.60. The highest BCUT2D eigenvalue weighted by atomic mass is 16.1. The zero-order valence-corrected chi connectivity index (χ0v) is 11.5. The van der Waals surface area contributed by atoms with Gasteiger partial charge in [0.2, 0.25) is 0 Å². The Kier molecular flexibility index (Phi) is 5.80. The van der Waals surface area contributed by atoms with Crippen LogP contribution in [0.25, 0.3) is 0 Å². The Bertz CT molecular complexity index is 577. The van der Waals surface area contributed by atoms with Crippen LogP contribution >= 0.6 is 0 Å². The molecular formula is C15H16N4O. The van der Waals surface area contributed by atoms with Gasteiger partial charge in [-0.2, -0.15) is 10.5 Å². The van der Waals surface area contributed by atoms with Crippen LogP contribution in [-0.2, 0) is 0 Å². The van der Waals surface area contributed by atoms with Crippen molar-refractivity contribution in [2.45, 2.75) is 26.3 Å². The van der Waals surface area contributed by atoms with Crippen molar-refractivity contribution in [2.75, 3.05) is 5.32 Å². The molecule has 5 nitrogen and oxygen atoms in total. The number of para-hydroxylation sites is 1. The summed E-state index contributed by atoms with van der Waals surface area (Å²) in [6, 6.07) is 10.5. The Balaban J connectivity index is 2.95. The molecular weight excluding hydrogens is 252 g/mol. The predicted octanol–water partition coefficient (Wildman–Crippen LogP) is 2.56. The maximum Gasteiger partial charge on any atom is 0.253 e. The van der Waals surface area contributed by atoms with Crippen LogP contribution in [0.5, 0.6) is 0 Å². The number of carbonyl (C=O) groups excluding carboxylic acids is 1. The lowest BCUT2D eigenvalue weighted by Crippen LogP contribution is -2.32. The van der Waals surface area contributed by atoms with E-state index in [2.05, 4.69) is 10.6 Å². The molecule has 0 spiro atoms. The third kappa shape index (κ3) is 4.15. The SMILES string of the molecule is CCC(C)NC(=O)c1ccccc1NC=C(C#N)C#N. The molecule has 1 amide bonds. The Morgan fingerprint density at radius 3 is 2.60 bits per heavy atom. The highest BCUT2D eigenvalue weighted by Crippen LogP contribution is 2.15. The molecule has 5 heteroatoms. The van der Waals surface area contributed by atoms with Crippen molar-refractivity contribution in [3.63, 3.8) is 0 Å². The van der Waals surface area contributed by atoms with Gasteiger partial charge < -0.3 is 10.6 Å². The lowest BCUT2D eigenvalue weighted by atomic mass is 10.1. The summed E-state index contributed by atoms with van der Waals surface area (Å²) in [5.74, 6) is -0.189. The number of benzene rings is 1. The van der Waals surface area contributed by atoms with Crippen LogP contribution in [0.15, 0.2) is 36.0 Å². The predicted molar refractivity (Wildman–Crippen MR) is 76.6 cm³/mol. The molecule has 102 valence electrons. The third-order valence-electron chi connectivity index (χ3n) is 2.77. The Hall–Kier alpha value is -2.79. The molecule has 0 aliphatic rings. The first-order chi connectivity index (χ1) is 9.62. The van der Waals surface area contributed by atoms with E-state index in [-0.39, 0.29) is 17.5 Å². The van der Waals surface area contributed by atoms with Gasteiger partial charge in [0.1, 0.15) is 17.7 Å². The minimum absolute atomic E-state index is 0.0536. The first-order valence-electron chi connectivity index (χ1n) is 6.29. The summed E-state index contributed by atoms with van der Waals surface area (Å²) in [5.41, 5.74) is 0.970. The first kappa shape index (κ1) is 15.3. The normalized spacial score (nSPS) is 10.6. The fourth-order valence-electron chi connectivity index (χ4n) is 1.45. The van der Waals surface area contributed by atoms with E-state index in [1.807, 2.05) is 13.8 Å². The molecule has 0 bridgehead atoms. The molecule has 0 heterocycles. The van der Waals surface area contributed by atoms with Gasteiger partial charge in [-0.25, -0.2) is 0 Å². The van der Waals surface area contributed by atoms with E-state index in [0.717, 1.165) is 6.42 Å². The van der Waals surface area contributed by atoms with Gasteiger partial charge in [0, 0.05) is 12.2 Å². The number of allylic oxidation sites excluding steroid dienone is 1. The molecule has 1 unspecified atom stereocenters. The van der Waals surface area contributed by atoms with Crippen molar-refractivity contribution < 1.29 is 4.79 Å². The quantitative estimate of drug-likeness (QED) is 0.803. The maximum atomic E-state index is 12.1. The van der Waals surface area contributed by atoms with Gasteiger partial charge in [0.25, 0.3) is 5.91 Å². The van der Waals surface area contributed by atoms with Gasteiger partial charge in [-0.15, -0.1) is 0 Å². The molecule has 1 aromatic carbocycles. The molecule has 1 rings (SSSR count). The molecule has 1 aromatic rings. The fraction of sp³-hybridized carbons (Fsp3) is 0.267. The molecule has 0 radical (unpaired) electrons. The van der Waals surface area contributed by atoms with Gasteiger partial charge in [-0.1, -0.05) is 19.1 Å². The standard InChI is InChI=1S/C15H16N4O/c1-3-11(2)19-15(20)13-6-4-5-7-14(13)18-10-12(8-16)9-17/h4-7,10-11,18H,3H2,1-2H3,(H,19,20). The average molecular weight is 268 g/mol. The minimum atomic E-state index is -0.189. The minimum Gasteiger partial charge on any atom is -0.359 e. The molecule has 0 aromatic heterocycles. The Morgan fingerprint density at radius 1 is 1.35 bits per heavy atom. The number of nitrogens with one attached hydrogen (secondary N) is 2. The summed E-state index contributed by atoms with van der Waals surface area (Å²) in [6.07, 6.45) is 2.13. The molecule has 0 aliphatic heterocycles. The van der Waals surface area contributed by atoms with Gasteiger partial charge in [-0.05, 0) is 25.5 Å². The maximum absolute atomic E-state index is 12.1. The number of hydrogen-bond acceptors (Lipinski definition) is 4. The molecule has 2 N–H and O–H groups in total. The molecule has 20 heavy (non-hydrogen) atoms. The van der Waals surface area contributed by atoms with Crippen LogP contribution in [0.1, 0.15) is 30.6 Å². The van der Waals surface area contributed by atoms with Crippen molar-refractivity contribution in [1.82, 2.24) is 5.32 Å². The van der Waals surface area contributed by atoms with E-state index in [0.29, 0.717) is 11.3 Å². The van der Waals surface area contributed by atoms with E-state index in [1.165, 1.54) is 6.20 Å². The van der Waals surface area contributed by atoms with Crippen LogP contribution in [0.2, 0.25) is 0 Å². The summed E-state index contributed by atoms with van der Waals surface area (Å²) in [4.78, 5) is 12.1. The third-order valence-corrected chi connectivity index (χ3v) is 2.77. The highest BCUT2D eigenvalue weighted by molar-refractivity contribution is 5.99. The van der Waals surface area contributed by atoms with Gasteiger partial charge in [0.05, 0.1) is 11.3 Å². The summed E-state index contributed by atoms with van der Waals surface area (Å²) < 4.78 is 0. The fourth-order valence-corrected chi connectivity index (χ4v) is 1.45. The average Bonchev–Trinajstić information content (AvgIpc) is 2.48. The highest BCUT2D eigenvalue weighted by Gasteiger charge is 2.12. The molecule has 1 atom stereocenters. The number of hydrogen-bond donors (Lipinski definition) is 2. The number of nitrogens with zero attached hydrogens (tertiary/aromatic N) is 2. The van der Waals surface area contributed by atoms with Gasteiger partial charge in [-0.3, -0.25) is 4.79 Å². The van der Waals surface area contributed by atoms with E-state index in [9.17, 15) is 4.79 Å². The van der Waals surface area contributed by atoms with E-state index >= 15 is 0 Å². The second-order valence-electron chi connectivity index (χ2n) is 4.25. The lowest BCUT2D eigenvalue weighted by Gasteiger charge is -2.13. The number of anilines is 1. The summed E-state index contributed by atoms with van der Waals surface area (Å²) >= 11 is 0. The van der Waals surface area contributed by atoms with Crippen molar-refractivity contribution in [2.24, 2.45) is 0 Å². The van der Waals surface area contributed by atoms with E-state index in [4.69, 9.17) is 10.5 Å². The van der Waals surface area contributed by atoms with Crippen molar-refractivity contribution in [3.05, 3.63) is 41.6 Å². The smallest absolute Gasteiger partial charge is 0.253 e. The van der Waals surface area contributed by atoms with E-state index < -0.39 is 0 Å². The summed E-state index contributed by atoms with van der Waals surface area (Å²) in [7, 11) is 0. The Morgan fingerprint density at radius 2 is 2.00 bits per heavy atom. The van der Waals surface area contributed by atoms with Crippen LogP contribution < -0.4 is 10.6 Å². The zero-order chi connectivity index (χ0) is 15.0. The van der Waals surface area contributed by atoms with Gasteiger partial charge in [0.15, 0.2) is 0 Å². The summed E-state index contributed by atoms with van der Waals surface area (Å²) in [6.45, 7) is 3.92. The monoisotopic (exact) mass is 268 g/mol. The van der Waals surface area contributed by atoms with Crippen LogP contribution in [0.3, 0.4) is 0 Å². The lowest BCUT2D eigenvalue weighted by molar-refractivity contribution is 0.0940. The summed E-state index contributed by atoms with van der Waals surface area (Å²) in [5, 5.41) is 23.0. The topological polar surface area (TPSA) is 88.7 Å². The van der Waals surface area contributed by atoms with E-state index in [1.54, 1.807) is 36.4 Å². The Labute approximate surface area is 118 Å². The first-order valence-corrected chi connectivity index (χ1v) is 6.29. The van der Waals surface area contributed by atoms with Crippen LogP contribution in [-0.4, -0.2) is 11.9 Å². The largest absolute Gasteiger partial charge is 0.359 e. The number of rotatable bonds is 5. The number of nitriles is 2. The van der Waals surface area contributed by atoms with Crippen molar-refractivity contribution >= 4 is 11.6 Å². The van der Waals surface area contributed by atoms with Crippen molar-refractivity contribution in [1.29, 1.82) is 10.5 Å². The molecule has 0 aliphatic carbocycles. The zero-order valence-electron chi connectivity index (χ0n) is 11.5. The van der Waals surface area contributed by atoms with Crippen molar-refractivity contribution in [3.8, 4) is 12.1 Å². The van der Waals surface area contributed by atoms with Crippen LogP contribution in [0, 0.1) is 22.7 Å². The molecule has 0 saturated heterocycles. The molecule has 0 saturated carbocycles. The van der Waals surface area contributed by atoms with Crippen LogP contribution in [0.4, 0.5) is 5.69 Å². The number of amides is 1. The number of carbonyl (C=O) groups is 1. The van der Waals surface area contributed by atoms with Gasteiger partial charge >= 0.3 is 0 Å².